The summed E-state index contributed by atoms with van der Waals surface area (Å²) in [6.07, 6.45) is 0. The number of aromatic carboxylic acids is 1. The SMILES string of the molecule is O=C(O)c1cc(-c2ccccc2)nc2ccc(F)cc12. The maximum atomic E-state index is 13.3. The summed E-state index contributed by atoms with van der Waals surface area (Å²) < 4.78 is 13.3. The summed E-state index contributed by atoms with van der Waals surface area (Å²) in [4.78, 5) is 15.8. The number of aromatic nitrogens is 1. The van der Waals surface area contributed by atoms with E-state index in [0.29, 0.717) is 16.6 Å². The molecule has 1 heterocycles. The molecule has 0 saturated carbocycles. The lowest BCUT2D eigenvalue weighted by Crippen LogP contribution is -2.00. The third-order valence-corrected chi connectivity index (χ3v) is 3.07. The Bertz CT molecular complexity index is 800. The van der Waals surface area contributed by atoms with Crippen LogP contribution < -0.4 is 0 Å². The Morgan fingerprint density at radius 2 is 1.80 bits per heavy atom. The molecule has 1 aromatic heterocycles. The minimum Gasteiger partial charge on any atom is -0.478 e. The second-order valence-corrected chi connectivity index (χ2v) is 4.39. The van der Waals surface area contributed by atoms with E-state index in [1.165, 1.54) is 24.3 Å². The largest absolute Gasteiger partial charge is 0.478 e. The van der Waals surface area contributed by atoms with Crippen molar-refractivity contribution in [3.8, 4) is 11.3 Å². The second kappa shape index (κ2) is 4.74. The number of carboxylic acid groups (broad SMARTS) is 1. The average Bonchev–Trinajstić information content (AvgIpc) is 2.47. The molecule has 0 aliphatic heterocycles. The first-order valence-electron chi connectivity index (χ1n) is 6.04. The molecule has 0 bridgehead atoms. The predicted molar refractivity (Wildman–Crippen MR) is 74.1 cm³/mol. The van der Waals surface area contributed by atoms with Crippen molar-refractivity contribution < 1.29 is 14.3 Å². The number of carbonyl (C=O) groups is 1. The Morgan fingerprint density at radius 1 is 1.05 bits per heavy atom. The summed E-state index contributed by atoms with van der Waals surface area (Å²) in [5, 5.41) is 9.60. The number of benzene rings is 2. The van der Waals surface area contributed by atoms with Crippen LogP contribution in [0.1, 0.15) is 10.4 Å². The molecule has 2 aromatic carbocycles. The maximum Gasteiger partial charge on any atom is 0.336 e. The van der Waals surface area contributed by atoms with Crippen molar-refractivity contribution in [2.24, 2.45) is 0 Å². The van der Waals surface area contributed by atoms with Gasteiger partial charge in [0.15, 0.2) is 0 Å². The summed E-state index contributed by atoms with van der Waals surface area (Å²) in [5.41, 5.74) is 1.89. The first-order valence-corrected chi connectivity index (χ1v) is 6.04. The van der Waals surface area contributed by atoms with E-state index in [1.54, 1.807) is 0 Å². The highest BCUT2D eigenvalue weighted by Gasteiger charge is 2.13. The van der Waals surface area contributed by atoms with Crippen LogP contribution in [0.15, 0.2) is 54.6 Å². The molecule has 0 saturated heterocycles. The molecule has 98 valence electrons. The number of hydrogen-bond donors (Lipinski definition) is 1. The maximum absolute atomic E-state index is 13.3. The standard InChI is InChI=1S/C16H10FNO2/c17-11-6-7-14-12(8-11)13(16(19)20)9-15(18-14)10-4-2-1-3-5-10/h1-9H,(H,19,20). The normalized spacial score (nSPS) is 10.7. The summed E-state index contributed by atoms with van der Waals surface area (Å²) in [6.45, 7) is 0. The minimum absolute atomic E-state index is 0.0494. The van der Waals surface area contributed by atoms with Gasteiger partial charge < -0.3 is 5.11 Å². The van der Waals surface area contributed by atoms with E-state index >= 15 is 0 Å². The lowest BCUT2D eigenvalue weighted by atomic mass is 10.0. The van der Waals surface area contributed by atoms with Crippen LogP contribution in [-0.4, -0.2) is 16.1 Å². The van der Waals surface area contributed by atoms with Crippen molar-refractivity contribution in [3.63, 3.8) is 0 Å². The fraction of sp³-hybridized carbons (Fsp3) is 0. The van der Waals surface area contributed by atoms with Gasteiger partial charge in [-0.1, -0.05) is 30.3 Å². The Morgan fingerprint density at radius 3 is 2.50 bits per heavy atom. The first kappa shape index (κ1) is 12.3. The highest BCUT2D eigenvalue weighted by Crippen LogP contribution is 2.25. The number of fused-ring (bicyclic) bond motifs is 1. The highest BCUT2D eigenvalue weighted by atomic mass is 19.1. The van der Waals surface area contributed by atoms with E-state index < -0.39 is 11.8 Å². The van der Waals surface area contributed by atoms with Gasteiger partial charge in [-0.3, -0.25) is 0 Å². The van der Waals surface area contributed by atoms with Gasteiger partial charge in [0.2, 0.25) is 0 Å². The van der Waals surface area contributed by atoms with Gasteiger partial charge in [0, 0.05) is 10.9 Å². The van der Waals surface area contributed by atoms with Gasteiger partial charge in [0.25, 0.3) is 0 Å². The molecule has 3 nitrogen and oxygen atoms in total. The van der Waals surface area contributed by atoms with Crippen LogP contribution in [0.4, 0.5) is 4.39 Å². The number of hydrogen-bond acceptors (Lipinski definition) is 2. The zero-order valence-electron chi connectivity index (χ0n) is 10.4. The van der Waals surface area contributed by atoms with Crippen LogP contribution in [0, 0.1) is 5.82 Å². The van der Waals surface area contributed by atoms with Crippen LogP contribution in [-0.2, 0) is 0 Å². The number of pyridine rings is 1. The Labute approximate surface area is 114 Å². The van der Waals surface area contributed by atoms with Crippen molar-refractivity contribution >= 4 is 16.9 Å². The molecule has 4 heteroatoms. The molecule has 0 spiro atoms. The molecule has 3 rings (SSSR count). The van der Waals surface area contributed by atoms with Gasteiger partial charge in [-0.05, 0) is 24.3 Å². The lowest BCUT2D eigenvalue weighted by molar-refractivity contribution is 0.0699. The minimum atomic E-state index is -1.10. The fourth-order valence-corrected chi connectivity index (χ4v) is 2.13. The summed E-state index contributed by atoms with van der Waals surface area (Å²) in [5.74, 6) is -1.57. The topological polar surface area (TPSA) is 50.2 Å². The smallest absolute Gasteiger partial charge is 0.336 e. The molecule has 0 amide bonds. The first-order chi connectivity index (χ1) is 9.65. The molecule has 0 fully saturated rings. The van der Waals surface area contributed by atoms with Crippen molar-refractivity contribution in [2.75, 3.05) is 0 Å². The average molecular weight is 267 g/mol. The van der Waals surface area contributed by atoms with Gasteiger partial charge in [-0.15, -0.1) is 0 Å². The van der Waals surface area contributed by atoms with Crippen LogP contribution in [0.3, 0.4) is 0 Å². The number of carboxylic acids is 1. The van der Waals surface area contributed by atoms with Crippen molar-refractivity contribution in [1.29, 1.82) is 0 Å². The monoisotopic (exact) mass is 267 g/mol. The van der Waals surface area contributed by atoms with Crippen LogP contribution >= 0.6 is 0 Å². The predicted octanol–water partition coefficient (Wildman–Crippen LogP) is 3.74. The highest BCUT2D eigenvalue weighted by molar-refractivity contribution is 6.03. The number of rotatable bonds is 2. The van der Waals surface area contributed by atoms with Gasteiger partial charge in [-0.2, -0.15) is 0 Å². The third kappa shape index (κ3) is 2.12. The molecular weight excluding hydrogens is 257 g/mol. The van der Waals surface area contributed by atoms with E-state index in [2.05, 4.69) is 4.98 Å². The van der Waals surface area contributed by atoms with E-state index in [9.17, 15) is 14.3 Å². The molecule has 3 aromatic rings. The van der Waals surface area contributed by atoms with E-state index in [-0.39, 0.29) is 5.56 Å². The summed E-state index contributed by atoms with van der Waals surface area (Å²) >= 11 is 0. The molecule has 0 unspecified atom stereocenters. The van der Waals surface area contributed by atoms with Crippen LogP contribution in [0.5, 0.6) is 0 Å². The Hall–Kier alpha value is -2.75. The van der Waals surface area contributed by atoms with E-state index in [4.69, 9.17) is 0 Å². The molecule has 0 aliphatic carbocycles. The summed E-state index contributed by atoms with van der Waals surface area (Å²) in [7, 11) is 0. The fourth-order valence-electron chi connectivity index (χ4n) is 2.13. The second-order valence-electron chi connectivity index (χ2n) is 4.39. The zero-order valence-corrected chi connectivity index (χ0v) is 10.4. The van der Waals surface area contributed by atoms with Crippen molar-refractivity contribution in [2.45, 2.75) is 0 Å². The van der Waals surface area contributed by atoms with Gasteiger partial charge >= 0.3 is 5.97 Å². The molecule has 1 N–H and O–H groups in total. The lowest BCUT2D eigenvalue weighted by Gasteiger charge is -2.07. The molecule has 0 atom stereocenters. The molecule has 0 radical (unpaired) electrons. The van der Waals surface area contributed by atoms with E-state index in [1.807, 2.05) is 30.3 Å². The summed E-state index contributed by atoms with van der Waals surface area (Å²) in [6, 6.07) is 14.7. The number of nitrogens with zero attached hydrogens (tertiary/aromatic N) is 1. The molecule has 0 aliphatic rings. The van der Waals surface area contributed by atoms with Crippen molar-refractivity contribution in [3.05, 3.63) is 66.0 Å². The molecular formula is C16H10FNO2. The van der Waals surface area contributed by atoms with Gasteiger partial charge in [-0.25, -0.2) is 14.2 Å². The van der Waals surface area contributed by atoms with Gasteiger partial charge in [0.1, 0.15) is 5.82 Å². The van der Waals surface area contributed by atoms with Gasteiger partial charge in [0.05, 0.1) is 16.8 Å². The van der Waals surface area contributed by atoms with Crippen LogP contribution in [0.25, 0.3) is 22.2 Å². The Balaban J connectivity index is 2.32. The number of halogens is 1. The quantitative estimate of drug-likeness (QED) is 0.769. The molecule has 20 heavy (non-hydrogen) atoms. The van der Waals surface area contributed by atoms with Crippen LogP contribution in [0.2, 0.25) is 0 Å². The van der Waals surface area contributed by atoms with Crippen molar-refractivity contribution in [1.82, 2.24) is 4.98 Å². The third-order valence-electron chi connectivity index (χ3n) is 3.07. The Kier molecular flexibility index (Phi) is 2.91. The van der Waals surface area contributed by atoms with E-state index in [0.717, 1.165) is 5.56 Å². The zero-order chi connectivity index (χ0) is 14.1.